The number of carbonyl (C=O) groups excluding carboxylic acids is 5. The normalized spacial score (nSPS) is 25.3. The molecule has 13 heteroatoms. The van der Waals surface area contributed by atoms with Gasteiger partial charge in [-0.25, -0.2) is 4.79 Å². The van der Waals surface area contributed by atoms with E-state index in [1.165, 1.54) is 31.1 Å². The fourth-order valence-electron chi connectivity index (χ4n) is 6.25. The quantitative estimate of drug-likeness (QED) is 0.172. The second-order valence-electron chi connectivity index (χ2n) is 10.5. The lowest BCUT2D eigenvalue weighted by molar-refractivity contribution is -0.153. The van der Waals surface area contributed by atoms with Crippen molar-refractivity contribution >= 4 is 35.1 Å². The van der Waals surface area contributed by atoms with E-state index in [0.717, 1.165) is 18.1 Å². The molecule has 13 nitrogen and oxygen atoms in total. The number of methoxy groups -OCH3 is 1. The molecule has 0 aromatic heterocycles. The molecule has 0 bridgehead atoms. The number of ether oxygens (including phenoxy) is 1. The van der Waals surface area contributed by atoms with Gasteiger partial charge in [0.2, 0.25) is 5.78 Å². The van der Waals surface area contributed by atoms with Crippen LogP contribution in [0.5, 0.6) is 5.75 Å². The predicted octanol–water partition coefficient (Wildman–Crippen LogP) is 0.401. The third-order valence-electron chi connectivity index (χ3n) is 8.02. The molecule has 0 heterocycles. The number of fused-ring (bicyclic) bond motifs is 3. The number of nitrogens with zero attached hydrogens (tertiary/aromatic N) is 2. The number of benzene rings is 1. The Labute approximate surface area is 234 Å². The molecule has 0 spiro atoms. The van der Waals surface area contributed by atoms with Gasteiger partial charge in [-0.15, -0.1) is 6.58 Å². The first-order chi connectivity index (χ1) is 19.2. The van der Waals surface area contributed by atoms with Crippen LogP contribution in [0, 0.1) is 11.8 Å². The van der Waals surface area contributed by atoms with Crippen LogP contribution in [-0.4, -0.2) is 106 Å². The lowest BCUT2D eigenvalue weighted by Crippen LogP contribution is -2.65. The molecule has 1 fully saturated rings. The first-order valence-electron chi connectivity index (χ1n) is 12.7. The van der Waals surface area contributed by atoms with Gasteiger partial charge in [0.05, 0.1) is 25.3 Å². The van der Waals surface area contributed by atoms with Crippen molar-refractivity contribution in [1.82, 2.24) is 9.80 Å². The van der Waals surface area contributed by atoms with E-state index in [2.05, 4.69) is 6.58 Å². The van der Waals surface area contributed by atoms with Gasteiger partial charge >= 0.3 is 6.09 Å². The number of hydrogen-bond acceptors (Lipinski definition) is 11. The Balaban J connectivity index is 1.87. The second-order valence-corrected chi connectivity index (χ2v) is 10.5. The van der Waals surface area contributed by atoms with Crippen molar-refractivity contribution in [2.24, 2.45) is 17.6 Å². The molecule has 0 saturated heterocycles. The Hall–Kier alpha value is -4.49. The molecule has 3 aliphatic rings. The molecular formula is C28H31N3O10. The minimum Gasteiger partial charge on any atom is -0.508 e. The molecule has 0 radical (unpaired) electrons. The molecule has 4 atom stereocenters. The van der Waals surface area contributed by atoms with Crippen LogP contribution in [0.15, 0.2) is 41.7 Å². The summed E-state index contributed by atoms with van der Waals surface area (Å²) in [4.78, 5) is 67.2. The number of aliphatic hydroxyl groups is 3. The molecule has 3 aliphatic carbocycles. The summed E-state index contributed by atoms with van der Waals surface area (Å²) < 4.78 is 4.72. The van der Waals surface area contributed by atoms with Crippen molar-refractivity contribution in [2.45, 2.75) is 24.5 Å². The predicted molar refractivity (Wildman–Crippen MR) is 143 cm³/mol. The monoisotopic (exact) mass is 569 g/mol. The molecule has 0 aliphatic heterocycles. The molecule has 4 rings (SSSR count). The number of primary amides is 1. The maximum absolute atomic E-state index is 13.9. The summed E-state index contributed by atoms with van der Waals surface area (Å²) in [7, 11) is 4.16. The van der Waals surface area contributed by atoms with Gasteiger partial charge in [-0.1, -0.05) is 6.08 Å². The minimum atomic E-state index is -2.76. The largest absolute Gasteiger partial charge is 0.508 e. The minimum absolute atomic E-state index is 0.00956. The molecule has 218 valence electrons. The van der Waals surface area contributed by atoms with Gasteiger partial charge in [0.25, 0.3) is 5.91 Å². The number of amides is 2. The lowest BCUT2D eigenvalue weighted by atomic mass is 9.57. The third kappa shape index (κ3) is 4.37. The van der Waals surface area contributed by atoms with Crippen molar-refractivity contribution in [3.63, 3.8) is 0 Å². The number of aromatic hydroxyl groups is 1. The molecular weight excluding hydrogens is 538 g/mol. The zero-order chi connectivity index (χ0) is 30.5. The lowest BCUT2D eigenvalue weighted by Gasteiger charge is -2.50. The average Bonchev–Trinajstić information content (AvgIpc) is 2.89. The smallest absolute Gasteiger partial charge is 0.410 e. The Morgan fingerprint density at radius 3 is 2.41 bits per heavy atom. The van der Waals surface area contributed by atoms with E-state index in [4.69, 9.17) is 10.5 Å². The summed E-state index contributed by atoms with van der Waals surface area (Å²) in [5.41, 5.74) is 1.36. The third-order valence-corrected chi connectivity index (χ3v) is 8.02. The van der Waals surface area contributed by atoms with Crippen molar-refractivity contribution in [3.8, 4) is 5.75 Å². The number of rotatable bonds is 7. The van der Waals surface area contributed by atoms with Crippen LogP contribution in [0.2, 0.25) is 0 Å². The summed E-state index contributed by atoms with van der Waals surface area (Å²) in [5.74, 6) is -8.36. The maximum atomic E-state index is 13.9. The Morgan fingerprint density at radius 1 is 1.20 bits per heavy atom. The van der Waals surface area contributed by atoms with Gasteiger partial charge in [0, 0.05) is 23.6 Å². The number of carbonyl (C=O) groups is 5. The van der Waals surface area contributed by atoms with Gasteiger partial charge in [-0.2, -0.15) is 0 Å². The van der Waals surface area contributed by atoms with Crippen LogP contribution in [-0.2, 0) is 25.5 Å². The van der Waals surface area contributed by atoms with Gasteiger partial charge in [0.1, 0.15) is 22.8 Å². The molecule has 2 amide bonds. The SMILES string of the molecule is C=CCN(CC(=O)c1ccc(O)c2c1C[C@H]1C[C@H]3[C@@H](N(C)C)C(=O)C(C(N)=O)=C(O)[C@@]3(O)C(=O)C1=C2O)C(=O)OC. The number of nitrogens with two attached hydrogens (primary N) is 1. The Kier molecular flexibility index (Phi) is 7.54. The standard InChI is InChI=1S/C28H31N3O10/c1-5-8-31(27(39)41-4)11-17(33)13-6-7-16(32)19-14(13)9-12-10-15-21(30(2)3)23(35)20(26(29)38)25(37)28(15,40)24(36)18(12)22(19)34/h5-7,12,15,21,32,34,37,40H,1,8-11H2,2-4H3,(H2,29,38)/t12-,15-,21+,28-/m0/s1. The second kappa shape index (κ2) is 10.5. The maximum Gasteiger partial charge on any atom is 0.410 e. The van der Waals surface area contributed by atoms with E-state index in [9.17, 15) is 44.4 Å². The summed E-state index contributed by atoms with van der Waals surface area (Å²) >= 11 is 0. The van der Waals surface area contributed by atoms with Gasteiger partial charge in [-0.3, -0.25) is 29.0 Å². The topological polar surface area (TPSA) is 208 Å². The number of phenols is 1. The summed E-state index contributed by atoms with van der Waals surface area (Å²) in [6, 6.07) is 1.25. The van der Waals surface area contributed by atoms with Gasteiger partial charge in [-0.05, 0) is 50.6 Å². The van der Waals surface area contributed by atoms with Crippen LogP contribution in [0.1, 0.15) is 27.9 Å². The van der Waals surface area contributed by atoms with Crippen LogP contribution in [0.25, 0.3) is 5.76 Å². The van der Waals surface area contributed by atoms with Crippen molar-refractivity contribution in [3.05, 3.63) is 58.4 Å². The zero-order valence-electron chi connectivity index (χ0n) is 22.7. The van der Waals surface area contributed by atoms with E-state index in [0.29, 0.717) is 0 Å². The highest BCUT2D eigenvalue weighted by molar-refractivity contribution is 6.24. The Morgan fingerprint density at radius 2 is 1.85 bits per heavy atom. The number of Topliss-reactive ketones (excluding diaryl/α,β-unsaturated/α-hetero) is 3. The highest BCUT2D eigenvalue weighted by Gasteiger charge is 2.64. The van der Waals surface area contributed by atoms with E-state index >= 15 is 0 Å². The molecule has 1 saturated carbocycles. The fourth-order valence-corrected chi connectivity index (χ4v) is 6.25. The van der Waals surface area contributed by atoms with Gasteiger partial charge < -0.3 is 30.9 Å². The molecule has 1 aromatic carbocycles. The summed E-state index contributed by atoms with van der Waals surface area (Å²) in [6.45, 7) is 3.16. The zero-order valence-corrected chi connectivity index (χ0v) is 22.7. The first-order valence-corrected chi connectivity index (χ1v) is 12.7. The van der Waals surface area contributed by atoms with Crippen molar-refractivity contribution in [1.29, 1.82) is 0 Å². The summed E-state index contributed by atoms with van der Waals surface area (Å²) in [6.07, 6.45) is 0.448. The van der Waals surface area contributed by atoms with Gasteiger partial charge in [0.15, 0.2) is 17.2 Å². The van der Waals surface area contributed by atoms with Crippen molar-refractivity contribution < 1.29 is 49.1 Å². The van der Waals surface area contributed by atoms with E-state index in [-0.39, 0.29) is 41.6 Å². The van der Waals surface area contributed by atoms with Crippen LogP contribution < -0.4 is 5.73 Å². The summed E-state index contributed by atoms with van der Waals surface area (Å²) in [5, 5.41) is 44.5. The molecule has 41 heavy (non-hydrogen) atoms. The number of aliphatic hydroxyl groups excluding tert-OH is 2. The average molecular weight is 570 g/mol. The number of ketones is 3. The molecule has 0 unspecified atom stereocenters. The highest BCUT2D eigenvalue weighted by Crippen LogP contribution is 2.53. The number of likely N-dealkylation sites (N-methyl/N-ethyl adjacent to an activating group) is 1. The van der Waals surface area contributed by atoms with E-state index in [1.807, 2.05) is 0 Å². The Bertz CT molecular complexity index is 1460. The van der Waals surface area contributed by atoms with Crippen LogP contribution in [0.4, 0.5) is 4.79 Å². The van der Waals surface area contributed by atoms with Crippen LogP contribution in [0.3, 0.4) is 0 Å². The first kappa shape index (κ1) is 29.5. The van der Waals surface area contributed by atoms with E-state index in [1.54, 1.807) is 0 Å². The fraction of sp³-hybridized carbons (Fsp3) is 0.393. The van der Waals surface area contributed by atoms with E-state index < -0.39 is 82.2 Å². The molecule has 6 N–H and O–H groups in total. The van der Waals surface area contributed by atoms with Crippen LogP contribution >= 0.6 is 0 Å². The number of hydrogen-bond donors (Lipinski definition) is 5. The van der Waals surface area contributed by atoms with Crippen molar-refractivity contribution in [2.75, 3.05) is 34.3 Å². The molecule has 1 aromatic rings. The highest BCUT2D eigenvalue weighted by atomic mass is 16.5. The number of phenolic OH excluding ortho intramolecular Hbond substituents is 1.